The summed E-state index contributed by atoms with van der Waals surface area (Å²) in [5.41, 5.74) is 3.85. The Kier molecular flexibility index (Phi) is 5.52. The highest BCUT2D eigenvalue weighted by atomic mass is 32.2. The Morgan fingerprint density at radius 3 is 2.37 bits per heavy atom. The van der Waals surface area contributed by atoms with Gasteiger partial charge in [-0.1, -0.05) is 37.1 Å². The SMILES string of the molecule is Cc1cc(C(=O)Nc2cccc(S(=O)(=O)C3CCCC3)c2)c(C)n1-c1ccccc1. The second-order valence-corrected chi connectivity index (χ2v) is 10.1. The van der Waals surface area contributed by atoms with E-state index in [0.29, 0.717) is 24.1 Å². The maximum atomic E-state index is 13.0. The Bertz CT molecular complexity index is 1170. The van der Waals surface area contributed by atoms with E-state index in [4.69, 9.17) is 0 Å². The van der Waals surface area contributed by atoms with Crippen molar-refractivity contribution in [2.24, 2.45) is 0 Å². The van der Waals surface area contributed by atoms with Crippen molar-refractivity contribution >= 4 is 21.4 Å². The van der Waals surface area contributed by atoms with Gasteiger partial charge >= 0.3 is 0 Å². The first kappa shape index (κ1) is 20.4. The molecule has 1 aliphatic carbocycles. The van der Waals surface area contributed by atoms with E-state index in [1.807, 2.05) is 54.8 Å². The molecule has 0 saturated heterocycles. The molecule has 3 aromatic rings. The van der Waals surface area contributed by atoms with Gasteiger partial charge in [0.25, 0.3) is 5.91 Å². The van der Waals surface area contributed by atoms with Gasteiger partial charge in [-0.15, -0.1) is 0 Å². The molecule has 2 aromatic carbocycles. The summed E-state index contributed by atoms with van der Waals surface area (Å²) < 4.78 is 27.8. The lowest BCUT2D eigenvalue weighted by Gasteiger charge is -2.13. The van der Waals surface area contributed by atoms with Gasteiger partial charge < -0.3 is 9.88 Å². The van der Waals surface area contributed by atoms with E-state index in [1.165, 1.54) is 0 Å². The van der Waals surface area contributed by atoms with Crippen LogP contribution in [0.15, 0.2) is 65.6 Å². The number of hydrogen-bond acceptors (Lipinski definition) is 3. The van der Waals surface area contributed by atoms with Crippen LogP contribution in [0.2, 0.25) is 0 Å². The Morgan fingerprint density at radius 2 is 1.67 bits per heavy atom. The third-order valence-electron chi connectivity index (χ3n) is 5.85. The van der Waals surface area contributed by atoms with Gasteiger partial charge in [0.05, 0.1) is 15.7 Å². The Morgan fingerprint density at radius 1 is 0.967 bits per heavy atom. The van der Waals surface area contributed by atoms with E-state index in [0.717, 1.165) is 29.9 Å². The van der Waals surface area contributed by atoms with E-state index >= 15 is 0 Å². The Hall–Kier alpha value is -2.86. The van der Waals surface area contributed by atoms with Crippen molar-refractivity contribution in [2.45, 2.75) is 49.7 Å². The number of benzene rings is 2. The number of nitrogens with one attached hydrogen (secondary N) is 1. The third kappa shape index (κ3) is 3.79. The zero-order valence-corrected chi connectivity index (χ0v) is 18.1. The molecular weight excluding hydrogens is 396 g/mol. The number of anilines is 1. The molecule has 1 amide bonds. The summed E-state index contributed by atoms with van der Waals surface area (Å²) >= 11 is 0. The summed E-state index contributed by atoms with van der Waals surface area (Å²) in [6.07, 6.45) is 3.34. The maximum Gasteiger partial charge on any atom is 0.257 e. The molecule has 0 atom stereocenters. The van der Waals surface area contributed by atoms with E-state index < -0.39 is 9.84 Å². The van der Waals surface area contributed by atoms with Crippen LogP contribution in [0.25, 0.3) is 5.69 Å². The highest BCUT2D eigenvalue weighted by molar-refractivity contribution is 7.92. The second-order valence-electron chi connectivity index (χ2n) is 7.89. The summed E-state index contributed by atoms with van der Waals surface area (Å²) in [6.45, 7) is 3.88. The average Bonchev–Trinajstić information content (AvgIpc) is 3.38. The summed E-state index contributed by atoms with van der Waals surface area (Å²) in [5, 5.41) is 2.57. The quantitative estimate of drug-likeness (QED) is 0.625. The van der Waals surface area contributed by atoms with Crippen molar-refractivity contribution in [1.82, 2.24) is 4.57 Å². The number of carbonyl (C=O) groups excluding carboxylic acids is 1. The molecule has 5 nitrogen and oxygen atoms in total. The van der Waals surface area contributed by atoms with Crippen molar-refractivity contribution in [3.63, 3.8) is 0 Å². The molecule has 1 fully saturated rings. The Labute approximate surface area is 177 Å². The predicted molar refractivity (Wildman–Crippen MR) is 119 cm³/mol. The maximum absolute atomic E-state index is 13.0. The highest BCUT2D eigenvalue weighted by Gasteiger charge is 2.30. The molecule has 4 rings (SSSR count). The Balaban J connectivity index is 1.60. The molecule has 1 heterocycles. The fraction of sp³-hybridized carbons (Fsp3) is 0.292. The van der Waals surface area contributed by atoms with Crippen LogP contribution in [0.5, 0.6) is 0 Å². The van der Waals surface area contributed by atoms with Crippen LogP contribution in [0.1, 0.15) is 47.4 Å². The number of rotatable bonds is 5. The standard InChI is InChI=1S/C24H26N2O3S/c1-17-15-23(18(2)26(17)20-10-4-3-5-11-20)24(27)25-19-9-8-14-22(16-19)30(28,29)21-12-6-7-13-21/h3-5,8-11,14-16,21H,6-7,12-13H2,1-2H3,(H,25,27). The van der Waals surface area contributed by atoms with Gasteiger partial charge in [0.1, 0.15) is 0 Å². The van der Waals surface area contributed by atoms with Gasteiger partial charge in [0, 0.05) is 22.8 Å². The first-order chi connectivity index (χ1) is 14.4. The monoisotopic (exact) mass is 422 g/mol. The van der Waals surface area contributed by atoms with Crippen molar-refractivity contribution in [3.05, 3.63) is 77.6 Å². The van der Waals surface area contributed by atoms with E-state index in [2.05, 4.69) is 5.32 Å². The average molecular weight is 423 g/mol. The fourth-order valence-electron chi connectivity index (χ4n) is 4.31. The molecule has 1 N–H and O–H groups in total. The van der Waals surface area contributed by atoms with Crippen LogP contribution in [-0.2, 0) is 9.84 Å². The van der Waals surface area contributed by atoms with Crippen molar-refractivity contribution < 1.29 is 13.2 Å². The number of nitrogens with zero attached hydrogens (tertiary/aromatic N) is 1. The van der Waals surface area contributed by atoms with Crippen LogP contribution < -0.4 is 5.32 Å². The first-order valence-corrected chi connectivity index (χ1v) is 11.8. The molecule has 1 saturated carbocycles. The highest BCUT2D eigenvalue weighted by Crippen LogP contribution is 2.30. The number of aromatic nitrogens is 1. The zero-order chi connectivity index (χ0) is 21.3. The number of amides is 1. The number of sulfone groups is 1. The number of para-hydroxylation sites is 1. The zero-order valence-electron chi connectivity index (χ0n) is 17.3. The molecular formula is C24H26N2O3S. The summed E-state index contributed by atoms with van der Waals surface area (Å²) in [7, 11) is -3.36. The molecule has 0 aliphatic heterocycles. The summed E-state index contributed by atoms with van der Waals surface area (Å²) in [4.78, 5) is 13.3. The van der Waals surface area contributed by atoms with Gasteiger partial charge in [-0.25, -0.2) is 8.42 Å². The molecule has 156 valence electrons. The van der Waals surface area contributed by atoms with Crippen LogP contribution in [0.3, 0.4) is 0 Å². The minimum atomic E-state index is -3.36. The number of hydrogen-bond donors (Lipinski definition) is 1. The lowest BCUT2D eigenvalue weighted by molar-refractivity contribution is 0.102. The molecule has 1 aliphatic rings. The topological polar surface area (TPSA) is 68.2 Å². The van der Waals surface area contributed by atoms with Crippen molar-refractivity contribution in [2.75, 3.05) is 5.32 Å². The smallest absolute Gasteiger partial charge is 0.257 e. The van der Waals surface area contributed by atoms with Gasteiger partial charge in [-0.3, -0.25) is 4.79 Å². The van der Waals surface area contributed by atoms with Crippen LogP contribution in [0, 0.1) is 13.8 Å². The molecule has 0 spiro atoms. The van der Waals surface area contributed by atoms with Crippen molar-refractivity contribution in [1.29, 1.82) is 0 Å². The van der Waals surface area contributed by atoms with E-state index in [1.54, 1.807) is 24.3 Å². The minimum absolute atomic E-state index is 0.249. The summed E-state index contributed by atoms with van der Waals surface area (Å²) in [5.74, 6) is -0.249. The molecule has 0 radical (unpaired) electrons. The lowest BCUT2D eigenvalue weighted by atomic mass is 10.2. The van der Waals surface area contributed by atoms with Crippen molar-refractivity contribution in [3.8, 4) is 5.69 Å². The molecule has 1 aromatic heterocycles. The summed E-state index contributed by atoms with van der Waals surface area (Å²) in [6, 6.07) is 18.3. The normalized spacial score (nSPS) is 14.7. The van der Waals surface area contributed by atoms with E-state index in [9.17, 15) is 13.2 Å². The third-order valence-corrected chi connectivity index (χ3v) is 8.11. The molecule has 6 heteroatoms. The second kappa shape index (κ2) is 8.11. The molecule has 30 heavy (non-hydrogen) atoms. The van der Waals surface area contributed by atoms with E-state index in [-0.39, 0.29) is 16.1 Å². The van der Waals surface area contributed by atoms with Gasteiger partial charge in [0.2, 0.25) is 0 Å². The lowest BCUT2D eigenvalue weighted by Crippen LogP contribution is -2.18. The van der Waals surface area contributed by atoms with Gasteiger partial charge in [0.15, 0.2) is 9.84 Å². The van der Waals surface area contributed by atoms with Crippen LogP contribution in [0.4, 0.5) is 5.69 Å². The number of carbonyl (C=O) groups is 1. The molecule has 0 bridgehead atoms. The predicted octanol–water partition coefficient (Wildman–Crippen LogP) is 5.06. The first-order valence-electron chi connectivity index (χ1n) is 10.3. The van der Waals surface area contributed by atoms with Crippen LogP contribution >= 0.6 is 0 Å². The molecule has 0 unspecified atom stereocenters. The largest absolute Gasteiger partial charge is 0.322 e. The number of aryl methyl sites for hydroxylation is 1. The van der Waals surface area contributed by atoms with Gasteiger partial charge in [-0.05, 0) is 63.1 Å². The fourth-order valence-corrected chi connectivity index (χ4v) is 6.21. The van der Waals surface area contributed by atoms with Crippen LogP contribution in [-0.4, -0.2) is 24.1 Å². The minimum Gasteiger partial charge on any atom is -0.322 e. The van der Waals surface area contributed by atoms with Gasteiger partial charge in [-0.2, -0.15) is 0 Å².